The summed E-state index contributed by atoms with van der Waals surface area (Å²) in [5.74, 6) is -0.548. The van der Waals surface area contributed by atoms with Crippen LogP contribution in [0.5, 0.6) is 0 Å². The fraction of sp³-hybridized carbons (Fsp3) is 0.692. The van der Waals surface area contributed by atoms with Crippen molar-refractivity contribution < 1.29 is 23.8 Å². The maximum atomic E-state index is 11.7. The lowest BCUT2D eigenvalue weighted by molar-refractivity contribution is -0.144. The Hall–Kier alpha value is -1.52. The lowest BCUT2D eigenvalue weighted by Gasteiger charge is -2.17. The first-order chi connectivity index (χ1) is 8.42. The van der Waals surface area contributed by atoms with Crippen molar-refractivity contribution in [1.29, 1.82) is 0 Å². The molecule has 2 unspecified atom stereocenters. The van der Waals surface area contributed by atoms with Crippen LogP contribution in [0.25, 0.3) is 0 Å². The van der Waals surface area contributed by atoms with Gasteiger partial charge in [-0.25, -0.2) is 9.59 Å². The van der Waals surface area contributed by atoms with Gasteiger partial charge in [0, 0.05) is 0 Å². The average molecular weight is 258 g/mol. The zero-order chi connectivity index (χ0) is 14.1. The molecule has 0 amide bonds. The molecule has 0 aliphatic rings. The van der Waals surface area contributed by atoms with E-state index in [1.54, 1.807) is 13.8 Å². The van der Waals surface area contributed by atoms with E-state index in [2.05, 4.69) is 11.3 Å². The summed E-state index contributed by atoms with van der Waals surface area (Å²) < 4.78 is 14.6. The number of carbonyl (C=O) groups is 2. The van der Waals surface area contributed by atoms with Crippen LogP contribution in [0.1, 0.15) is 40.5 Å². The van der Waals surface area contributed by atoms with E-state index in [1.807, 2.05) is 13.8 Å². The molecule has 0 aromatic rings. The van der Waals surface area contributed by atoms with Crippen LogP contribution in [0, 0.1) is 0 Å². The molecule has 5 nitrogen and oxygen atoms in total. The van der Waals surface area contributed by atoms with Crippen molar-refractivity contribution in [2.24, 2.45) is 0 Å². The van der Waals surface area contributed by atoms with Crippen molar-refractivity contribution in [3.8, 4) is 0 Å². The lowest BCUT2D eigenvalue weighted by atomic mass is 10.2. The average Bonchev–Trinajstić information content (AvgIpc) is 2.28. The van der Waals surface area contributed by atoms with E-state index in [9.17, 15) is 9.59 Å². The van der Waals surface area contributed by atoms with Crippen LogP contribution in [0.3, 0.4) is 0 Å². The summed E-state index contributed by atoms with van der Waals surface area (Å²) in [5.41, 5.74) is 0.103. The molecule has 0 saturated carbocycles. The monoisotopic (exact) mass is 258 g/mol. The molecule has 0 heterocycles. The highest BCUT2D eigenvalue weighted by Crippen LogP contribution is 2.11. The first-order valence-electron chi connectivity index (χ1n) is 6.15. The summed E-state index contributed by atoms with van der Waals surface area (Å²) in [6.45, 7) is 10.8. The van der Waals surface area contributed by atoms with Crippen LogP contribution in [0.2, 0.25) is 0 Å². The smallest absolute Gasteiger partial charge is 0.459 e. The highest BCUT2D eigenvalue weighted by atomic mass is 16.7. The van der Waals surface area contributed by atoms with Gasteiger partial charge in [0.15, 0.2) is 0 Å². The summed E-state index contributed by atoms with van der Waals surface area (Å²) in [7, 11) is 0. The summed E-state index contributed by atoms with van der Waals surface area (Å²) in [6.07, 6.45) is -0.0398. The minimum Gasteiger partial charge on any atom is -0.459 e. The van der Waals surface area contributed by atoms with E-state index in [0.717, 1.165) is 12.8 Å². The van der Waals surface area contributed by atoms with E-state index in [1.165, 1.54) is 0 Å². The van der Waals surface area contributed by atoms with Crippen molar-refractivity contribution in [1.82, 2.24) is 0 Å². The Balaban J connectivity index is 4.20. The molecule has 5 heteroatoms. The van der Waals surface area contributed by atoms with E-state index in [-0.39, 0.29) is 18.3 Å². The van der Waals surface area contributed by atoms with Crippen LogP contribution >= 0.6 is 0 Å². The summed E-state index contributed by atoms with van der Waals surface area (Å²) >= 11 is 0. The summed E-state index contributed by atoms with van der Waals surface area (Å²) in [5, 5.41) is 0. The van der Waals surface area contributed by atoms with Gasteiger partial charge >= 0.3 is 12.1 Å². The first kappa shape index (κ1) is 16.5. The van der Waals surface area contributed by atoms with Crippen molar-refractivity contribution in [3.05, 3.63) is 12.2 Å². The SMILES string of the molecule is C=C(C(=O)OC(C)CCC)C(C)OC(=O)OCC. The highest BCUT2D eigenvalue weighted by Gasteiger charge is 2.21. The molecule has 0 N–H and O–H groups in total. The number of hydrogen-bond acceptors (Lipinski definition) is 5. The molecule has 0 aliphatic heterocycles. The molecular weight excluding hydrogens is 236 g/mol. The second-order valence-corrected chi connectivity index (χ2v) is 3.97. The zero-order valence-corrected chi connectivity index (χ0v) is 11.5. The van der Waals surface area contributed by atoms with Gasteiger partial charge < -0.3 is 14.2 Å². The third-order valence-corrected chi connectivity index (χ3v) is 2.29. The molecule has 0 rings (SSSR count). The van der Waals surface area contributed by atoms with Gasteiger partial charge in [-0.3, -0.25) is 0 Å². The van der Waals surface area contributed by atoms with Gasteiger partial charge in [0.2, 0.25) is 0 Å². The molecule has 0 aromatic carbocycles. The Morgan fingerprint density at radius 2 is 1.78 bits per heavy atom. The van der Waals surface area contributed by atoms with Gasteiger partial charge in [0.1, 0.15) is 6.10 Å². The number of hydrogen-bond donors (Lipinski definition) is 0. The predicted octanol–water partition coefficient (Wildman–Crippen LogP) is 2.84. The normalized spacial score (nSPS) is 13.3. The minimum absolute atomic E-state index is 0.103. The summed E-state index contributed by atoms with van der Waals surface area (Å²) in [4.78, 5) is 22.7. The molecule has 0 bridgehead atoms. The summed E-state index contributed by atoms with van der Waals surface area (Å²) in [6, 6.07) is 0. The number of esters is 1. The van der Waals surface area contributed by atoms with Crippen LogP contribution in [0.15, 0.2) is 12.2 Å². The second-order valence-electron chi connectivity index (χ2n) is 3.97. The minimum atomic E-state index is -0.819. The zero-order valence-electron chi connectivity index (χ0n) is 11.5. The second kappa shape index (κ2) is 8.55. The maximum Gasteiger partial charge on any atom is 0.508 e. The molecule has 104 valence electrons. The van der Waals surface area contributed by atoms with Gasteiger partial charge in [-0.05, 0) is 27.2 Å². The van der Waals surface area contributed by atoms with E-state index in [0.29, 0.717) is 0 Å². The largest absolute Gasteiger partial charge is 0.508 e. The Morgan fingerprint density at radius 1 is 1.17 bits per heavy atom. The van der Waals surface area contributed by atoms with Crippen LogP contribution in [-0.2, 0) is 19.0 Å². The Labute approximate surface area is 108 Å². The third-order valence-electron chi connectivity index (χ3n) is 2.29. The Kier molecular flexibility index (Phi) is 7.83. The topological polar surface area (TPSA) is 61.8 Å². The van der Waals surface area contributed by atoms with Crippen molar-refractivity contribution >= 4 is 12.1 Å². The van der Waals surface area contributed by atoms with Crippen LogP contribution < -0.4 is 0 Å². The maximum absolute atomic E-state index is 11.7. The van der Waals surface area contributed by atoms with Gasteiger partial charge in [0.25, 0.3) is 0 Å². The van der Waals surface area contributed by atoms with Crippen LogP contribution in [-0.4, -0.2) is 30.9 Å². The van der Waals surface area contributed by atoms with Crippen molar-refractivity contribution in [2.75, 3.05) is 6.61 Å². The quantitative estimate of drug-likeness (QED) is 0.519. The number of ether oxygens (including phenoxy) is 3. The number of carbonyl (C=O) groups excluding carboxylic acids is 2. The van der Waals surface area contributed by atoms with Gasteiger partial charge in [-0.1, -0.05) is 19.9 Å². The molecule has 0 spiro atoms. The highest BCUT2D eigenvalue weighted by molar-refractivity contribution is 5.89. The molecule has 0 fully saturated rings. The third kappa shape index (κ3) is 6.27. The van der Waals surface area contributed by atoms with Crippen LogP contribution in [0.4, 0.5) is 4.79 Å². The van der Waals surface area contributed by atoms with Crippen molar-refractivity contribution in [3.63, 3.8) is 0 Å². The molecule has 0 aromatic heterocycles. The Morgan fingerprint density at radius 3 is 2.28 bits per heavy atom. The molecule has 0 aliphatic carbocycles. The van der Waals surface area contributed by atoms with Gasteiger partial charge in [0.05, 0.1) is 18.3 Å². The molecule has 18 heavy (non-hydrogen) atoms. The molecule has 2 atom stereocenters. The van der Waals surface area contributed by atoms with E-state index < -0.39 is 18.2 Å². The standard InChI is InChI=1S/C13H22O5/c1-6-8-9(3)17-12(14)10(4)11(5)18-13(15)16-7-2/h9,11H,4,6-8H2,1-3,5H3. The Bertz CT molecular complexity index is 298. The first-order valence-corrected chi connectivity index (χ1v) is 6.15. The van der Waals surface area contributed by atoms with Gasteiger partial charge in [-0.15, -0.1) is 0 Å². The fourth-order valence-electron chi connectivity index (χ4n) is 1.26. The van der Waals surface area contributed by atoms with E-state index >= 15 is 0 Å². The van der Waals surface area contributed by atoms with E-state index in [4.69, 9.17) is 9.47 Å². The molecular formula is C13H22O5. The molecule has 0 radical (unpaired) electrons. The van der Waals surface area contributed by atoms with Gasteiger partial charge in [-0.2, -0.15) is 0 Å². The number of rotatable bonds is 7. The lowest BCUT2D eigenvalue weighted by Crippen LogP contribution is -2.25. The molecule has 0 saturated heterocycles. The fourth-order valence-corrected chi connectivity index (χ4v) is 1.26. The van der Waals surface area contributed by atoms with Crippen molar-refractivity contribution in [2.45, 2.75) is 52.7 Å². The predicted molar refractivity (Wildman–Crippen MR) is 67.2 cm³/mol.